The van der Waals surface area contributed by atoms with E-state index >= 15 is 0 Å². The number of nitrogens with zero attached hydrogens (tertiary/aromatic N) is 2. The van der Waals surface area contributed by atoms with Crippen molar-refractivity contribution >= 4 is 17.2 Å². The van der Waals surface area contributed by atoms with Crippen LogP contribution in [0.1, 0.15) is 10.5 Å². The fourth-order valence-electron chi connectivity index (χ4n) is 2.44. The second-order valence-corrected chi connectivity index (χ2v) is 5.96. The van der Waals surface area contributed by atoms with Gasteiger partial charge < -0.3 is 10.1 Å². The Bertz CT molecular complexity index is 609. The van der Waals surface area contributed by atoms with Crippen molar-refractivity contribution in [3.8, 4) is 10.4 Å². The van der Waals surface area contributed by atoms with Gasteiger partial charge in [0.05, 0.1) is 23.6 Å². The molecule has 3 rings (SSSR count). The van der Waals surface area contributed by atoms with Crippen LogP contribution in [0.2, 0.25) is 0 Å². The van der Waals surface area contributed by atoms with Crippen LogP contribution in [0.25, 0.3) is 10.4 Å². The molecule has 1 saturated heterocycles. The quantitative estimate of drug-likeness (QED) is 0.915. The number of carbonyl (C=O) groups is 1. The van der Waals surface area contributed by atoms with Crippen LogP contribution in [0.5, 0.6) is 0 Å². The van der Waals surface area contributed by atoms with Crippen molar-refractivity contribution in [3.05, 3.63) is 41.5 Å². The van der Waals surface area contributed by atoms with Crippen LogP contribution < -0.4 is 5.32 Å². The highest BCUT2D eigenvalue weighted by molar-refractivity contribution is 7.13. The van der Waals surface area contributed by atoms with Crippen molar-refractivity contribution in [2.24, 2.45) is 0 Å². The molecule has 6 heteroatoms. The Morgan fingerprint density at radius 3 is 2.82 bits per heavy atom. The van der Waals surface area contributed by atoms with Crippen LogP contribution in [-0.4, -0.2) is 55.2 Å². The lowest BCUT2D eigenvalue weighted by atomic mass is 10.1. The molecule has 0 bridgehead atoms. The molecule has 0 unspecified atom stereocenters. The Morgan fingerprint density at radius 2 is 2.05 bits per heavy atom. The van der Waals surface area contributed by atoms with Gasteiger partial charge in [0.15, 0.2) is 0 Å². The molecule has 1 fully saturated rings. The van der Waals surface area contributed by atoms with Crippen molar-refractivity contribution in [2.45, 2.75) is 0 Å². The monoisotopic (exact) mass is 317 g/mol. The highest BCUT2D eigenvalue weighted by atomic mass is 32.1. The minimum atomic E-state index is -0.103. The van der Waals surface area contributed by atoms with Crippen molar-refractivity contribution in [1.29, 1.82) is 0 Å². The summed E-state index contributed by atoms with van der Waals surface area (Å²) in [6.07, 6.45) is 0. The average molecular weight is 317 g/mol. The predicted octanol–water partition coefficient (Wildman–Crippen LogP) is 1.87. The molecule has 1 aliphatic rings. The van der Waals surface area contributed by atoms with Gasteiger partial charge in [0.25, 0.3) is 5.91 Å². The SMILES string of the molecule is O=C(NCCN1CCOCC1)c1ncsc1-c1ccccc1. The van der Waals surface area contributed by atoms with Crippen LogP contribution in [0.15, 0.2) is 35.8 Å². The summed E-state index contributed by atoms with van der Waals surface area (Å²) in [4.78, 5) is 19.8. The van der Waals surface area contributed by atoms with Crippen LogP contribution in [0.4, 0.5) is 0 Å². The van der Waals surface area contributed by atoms with Crippen LogP contribution in [-0.2, 0) is 4.74 Å². The number of thiazole rings is 1. The molecule has 0 aliphatic carbocycles. The molecule has 1 aliphatic heterocycles. The summed E-state index contributed by atoms with van der Waals surface area (Å²) in [6, 6.07) is 9.90. The third kappa shape index (κ3) is 3.71. The number of hydrogen-bond acceptors (Lipinski definition) is 5. The van der Waals surface area contributed by atoms with Crippen LogP contribution in [0, 0.1) is 0 Å². The van der Waals surface area contributed by atoms with Crippen molar-refractivity contribution in [1.82, 2.24) is 15.2 Å². The van der Waals surface area contributed by atoms with Gasteiger partial charge in [0.1, 0.15) is 5.69 Å². The first-order valence-electron chi connectivity index (χ1n) is 7.42. The van der Waals surface area contributed by atoms with E-state index in [2.05, 4.69) is 15.2 Å². The number of benzene rings is 1. The Labute approximate surface area is 133 Å². The Hall–Kier alpha value is -1.76. The zero-order chi connectivity index (χ0) is 15.2. The number of aromatic nitrogens is 1. The van der Waals surface area contributed by atoms with Gasteiger partial charge in [-0.25, -0.2) is 4.98 Å². The van der Waals surface area contributed by atoms with Crippen molar-refractivity contribution < 1.29 is 9.53 Å². The van der Waals surface area contributed by atoms with Gasteiger partial charge in [0.2, 0.25) is 0 Å². The summed E-state index contributed by atoms with van der Waals surface area (Å²) in [5.74, 6) is -0.103. The minimum Gasteiger partial charge on any atom is -0.379 e. The van der Waals surface area contributed by atoms with Gasteiger partial charge in [-0.2, -0.15) is 0 Å². The predicted molar refractivity (Wildman–Crippen MR) is 87.1 cm³/mol. The molecule has 22 heavy (non-hydrogen) atoms. The van der Waals surface area contributed by atoms with Gasteiger partial charge in [-0.3, -0.25) is 9.69 Å². The first-order chi connectivity index (χ1) is 10.8. The van der Waals surface area contributed by atoms with Gasteiger partial charge in [-0.1, -0.05) is 30.3 Å². The normalized spacial score (nSPS) is 15.6. The van der Waals surface area contributed by atoms with Gasteiger partial charge in [-0.15, -0.1) is 11.3 Å². The summed E-state index contributed by atoms with van der Waals surface area (Å²) < 4.78 is 5.31. The summed E-state index contributed by atoms with van der Waals surface area (Å²) >= 11 is 1.49. The highest BCUT2D eigenvalue weighted by Gasteiger charge is 2.16. The molecule has 0 spiro atoms. The van der Waals surface area contributed by atoms with E-state index in [0.717, 1.165) is 43.3 Å². The molecule has 1 aromatic heterocycles. The van der Waals surface area contributed by atoms with Crippen molar-refractivity contribution in [2.75, 3.05) is 39.4 Å². The third-order valence-corrected chi connectivity index (χ3v) is 4.51. The molecule has 116 valence electrons. The van der Waals surface area contributed by atoms with E-state index < -0.39 is 0 Å². The Morgan fingerprint density at radius 1 is 1.27 bits per heavy atom. The third-order valence-electron chi connectivity index (χ3n) is 3.64. The maximum absolute atomic E-state index is 12.3. The largest absolute Gasteiger partial charge is 0.379 e. The fraction of sp³-hybridized carbons (Fsp3) is 0.375. The van der Waals surface area contributed by atoms with Gasteiger partial charge in [0, 0.05) is 26.2 Å². The molecule has 5 nitrogen and oxygen atoms in total. The van der Waals surface area contributed by atoms with E-state index in [-0.39, 0.29) is 5.91 Å². The van der Waals surface area contributed by atoms with Gasteiger partial charge >= 0.3 is 0 Å². The number of carbonyl (C=O) groups excluding carboxylic acids is 1. The number of nitrogens with one attached hydrogen (secondary N) is 1. The Balaban J connectivity index is 1.58. The molecule has 0 radical (unpaired) electrons. The smallest absolute Gasteiger partial charge is 0.271 e. The molecule has 2 heterocycles. The maximum Gasteiger partial charge on any atom is 0.271 e. The second-order valence-electron chi connectivity index (χ2n) is 5.11. The molecule has 0 saturated carbocycles. The molecule has 1 amide bonds. The number of ether oxygens (including phenoxy) is 1. The van der Waals surface area contributed by atoms with Crippen molar-refractivity contribution in [3.63, 3.8) is 0 Å². The lowest BCUT2D eigenvalue weighted by molar-refractivity contribution is 0.0383. The zero-order valence-electron chi connectivity index (χ0n) is 12.3. The van der Waals surface area contributed by atoms with E-state index in [1.54, 1.807) is 5.51 Å². The molecule has 1 aromatic carbocycles. The standard InChI is InChI=1S/C16H19N3O2S/c20-16(17-6-7-19-8-10-21-11-9-19)14-15(22-12-18-14)13-4-2-1-3-5-13/h1-5,12H,6-11H2,(H,17,20). The summed E-state index contributed by atoms with van der Waals surface area (Å²) in [5, 5.41) is 2.97. The van der Waals surface area contributed by atoms with Gasteiger partial charge in [-0.05, 0) is 5.56 Å². The molecule has 0 atom stereocenters. The number of rotatable bonds is 5. The summed E-state index contributed by atoms with van der Waals surface area (Å²) in [6.45, 7) is 4.89. The molecule has 1 N–H and O–H groups in total. The first-order valence-corrected chi connectivity index (χ1v) is 8.30. The Kier molecular flexibility index (Phi) is 5.15. The highest BCUT2D eigenvalue weighted by Crippen LogP contribution is 2.27. The fourth-order valence-corrected chi connectivity index (χ4v) is 3.23. The van der Waals surface area contributed by atoms with E-state index in [4.69, 9.17) is 4.74 Å². The molecular formula is C16H19N3O2S. The zero-order valence-corrected chi connectivity index (χ0v) is 13.1. The average Bonchev–Trinajstić information content (AvgIpc) is 3.06. The maximum atomic E-state index is 12.3. The lowest BCUT2D eigenvalue weighted by Gasteiger charge is -2.26. The van der Waals surface area contributed by atoms with E-state index in [1.807, 2.05) is 30.3 Å². The lowest BCUT2D eigenvalue weighted by Crippen LogP contribution is -2.41. The topological polar surface area (TPSA) is 54.5 Å². The summed E-state index contributed by atoms with van der Waals surface area (Å²) in [5.41, 5.74) is 3.26. The van der Waals surface area contributed by atoms with E-state index in [1.165, 1.54) is 11.3 Å². The van der Waals surface area contributed by atoms with E-state index in [9.17, 15) is 4.79 Å². The number of amides is 1. The van der Waals surface area contributed by atoms with Crippen LogP contribution >= 0.6 is 11.3 Å². The van der Waals surface area contributed by atoms with E-state index in [0.29, 0.717) is 12.2 Å². The number of hydrogen-bond donors (Lipinski definition) is 1. The first kappa shape index (κ1) is 15.1. The number of morpholine rings is 1. The molecular weight excluding hydrogens is 298 g/mol. The molecule has 2 aromatic rings. The second kappa shape index (κ2) is 7.49. The summed E-state index contributed by atoms with van der Waals surface area (Å²) in [7, 11) is 0. The minimum absolute atomic E-state index is 0.103. The van der Waals surface area contributed by atoms with Crippen LogP contribution in [0.3, 0.4) is 0 Å².